The van der Waals surface area contributed by atoms with E-state index in [4.69, 9.17) is 4.98 Å². The first-order valence-electron chi connectivity index (χ1n) is 13.1. The predicted molar refractivity (Wildman–Crippen MR) is 143 cm³/mol. The number of aliphatic hydroxyl groups is 1. The largest absolute Gasteiger partial charge is 0.391 e. The summed E-state index contributed by atoms with van der Waals surface area (Å²) in [5, 5.41) is 16.0. The van der Waals surface area contributed by atoms with E-state index in [1.54, 1.807) is 10.9 Å². The van der Waals surface area contributed by atoms with Gasteiger partial charge in [-0.25, -0.2) is 0 Å². The van der Waals surface area contributed by atoms with Crippen LogP contribution in [0.4, 0.5) is 5.69 Å². The predicted octanol–water partition coefficient (Wildman–Crippen LogP) is 4.16. The quantitative estimate of drug-likeness (QED) is 0.446. The fraction of sp³-hybridized carbons (Fsp3) is 0.379. The molecule has 0 radical (unpaired) electrons. The molecule has 190 valence electrons. The van der Waals surface area contributed by atoms with Crippen LogP contribution in [0, 0.1) is 0 Å². The van der Waals surface area contributed by atoms with E-state index in [1.807, 2.05) is 48.7 Å². The number of amides is 1. The molecule has 2 atom stereocenters. The molecule has 1 aromatic carbocycles. The van der Waals surface area contributed by atoms with Gasteiger partial charge in [-0.05, 0) is 55.5 Å². The summed E-state index contributed by atoms with van der Waals surface area (Å²) in [5.41, 5.74) is 6.40. The monoisotopic (exact) mass is 496 g/mol. The summed E-state index contributed by atoms with van der Waals surface area (Å²) < 4.78 is 1.77. The summed E-state index contributed by atoms with van der Waals surface area (Å²) in [5.74, 6) is -0.00972. The first-order chi connectivity index (χ1) is 18.0. The van der Waals surface area contributed by atoms with Crippen LogP contribution in [-0.4, -0.2) is 61.0 Å². The Morgan fingerprint density at radius 2 is 1.97 bits per heavy atom. The minimum Gasteiger partial charge on any atom is -0.391 e. The number of hydrogen-bond acceptors (Lipinski definition) is 6. The summed E-state index contributed by atoms with van der Waals surface area (Å²) >= 11 is 0. The third-order valence-electron chi connectivity index (χ3n) is 7.78. The molecule has 0 saturated heterocycles. The summed E-state index contributed by atoms with van der Waals surface area (Å²) in [6.45, 7) is 3.34. The molecule has 8 heteroatoms. The first kappa shape index (κ1) is 23.6. The van der Waals surface area contributed by atoms with Crippen molar-refractivity contribution in [3.05, 3.63) is 71.8 Å². The number of rotatable bonds is 5. The molecule has 0 unspecified atom stereocenters. The molecule has 37 heavy (non-hydrogen) atoms. The van der Waals surface area contributed by atoms with Crippen molar-refractivity contribution in [2.75, 3.05) is 18.1 Å². The molecule has 0 bridgehead atoms. The number of aromatic nitrogens is 4. The number of benzene rings is 1. The Morgan fingerprint density at radius 1 is 1.11 bits per heavy atom. The van der Waals surface area contributed by atoms with Crippen LogP contribution in [0.5, 0.6) is 0 Å². The Balaban J connectivity index is 1.39. The minimum absolute atomic E-state index is 0.00972. The van der Waals surface area contributed by atoms with Crippen LogP contribution in [0.2, 0.25) is 0 Å². The zero-order chi connectivity index (χ0) is 25.5. The van der Waals surface area contributed by atoms with Crippen molar-refractivity contribution in [3.8, 4) is 11.3 Å². The Labute approximate surface area is 216 Å². The van der Waals surface area contributed by atoms with E-state index in [-0.39, 0.29) is 11.9 Å². The highest BCUT2D eigenvalue weighted by Crippen LogP contribution is 2.38. The van der Waals surface area contributed by atoms with Gasteiger partial charge >= 0.3 is 0 Å². The van der Waals surface area contributed by atoms with Crippen molar-refractivity contribution >= 4 is 22.5 Å². The van der Waals surface area contributed by atoms with E-state index >= 15 is 0 Å². The van der Waals surface area contributed by atoms with E-state index in [2.05, 4.69) is 34.0 Å². The number of fused-ring (bicyclic) bond motifs is 3. The van der Waals surface area contributed by atoms with Crippen LogP contribution in [0.1, 0.15) is 54.1 Å². The first-order valence-corrected chi connectivity index (χ1v) is 13.1. The van der Waals surface area contributed by atoms with Gasteiger partial charge in [0.05, 0.1) is 47.5 Å². The fourth-order valence-corrected chi connectivity index (χ4v) is 5.85. The number of pyridine rings is 2. The zero-order valence-corrected chi connectivity index (χ0v) is 21.3. The summed E-state index contributed by atoms with van der Waals surface area (Å²) in [6, 6.07) is 10.0. The topological polar surface area (TPSA) is 87.4 Å². The van der Waals surface area contributed by atoms with Gasteiger partial charge in [-0.15, -0.1) is 0 Å². The Hall–Kier alpha value is -3.78. The molecule has 2 aliphatic rings. The summed E-state index contributed by atoms with van der Waals surface area (Å²) in [4.78, 5) is 27.4. The average Bonchev–Trinajstić information content (AvgIpc) is 3.36. The molecule has 1 aliphatic carbocycles. The lowest BCUT2D eigenvalue weighted by Crippen LogP contribution is -2.55. The van der Waals surface area contributed by atoms with E-state index < -0.39 is 6.10 Å². The van der Waals surface area contributed by atoms with E-state index in [0.717, 1.165) is 71.2 Å². The highest BCUT2D eigenvalue weighted by molar-refractivity contribution is 6.10. The van der Waals surface area contributed by atoms with Crippen LogP contribution >= 0.6 is 0 Å². The second kappa shape index (κ2) is 9.59. The maximum absolute atomic E-state index is 13.9. The molecule has 8 nitrogen and oxygen atoms in total. The lowest BCUT2D eigenvalue weighted by atomic mass is 9.89. The molecule has 6 rings (SSSR count). The Morgan fingerprint density at radius 3 is 2.70 bits per heavy atom. The minimum atomic E-state index is -0.472. The van der Waals surface area contributed by atoms with Crippen molar-refractivity contribution in [3.63, 3.8) is 0 Å². The number of nitrogens with zero attached hydrogens (tertiary/aromatic N) is 6. The number of hydrogen-bond donors (Lipinski definition) is 1. The van der Waals surface area contributed by atoms with Crippen LogP contribution in [-0.2, 0) is 13.5 Å². The summed E-state index contributed by atoms with van der Waals surface area (Å²) in [6.07, 6.45) is 11.3. The van der Waals surface area contributed by atoms with Crippen LogP contribution in [0.15, 0.2) is 55.1 Å². The van der Waals surface area contributed by atoms with E-state index in [1.165, 1.54) is 0 Å². The van der Waals surface area contributed by atoms with E-state index in [9.17, 15) is 9.90 Å². The van der Waals surface area contributed by atoms with Gasteiger partial charge in [-0.1, -0.05) is 25.0 Å². The highest BCUT2D eigenvalue weighted by atomic mass is 16.3. The van der Waals surface area contributed by atoms with Gasteiger partial charge in [0.1, 0.15) is 0 Å². The number of carbonyl (C=O) groups is 1. The van der Waals surface area contributed by atoms with E-state index in [0.29, 0.717) is 18.7 Å². The second-order valence-electron chi connectivity index (χ2n) is 10.2. The molecule has 1 N–H and O–H groups in total. The lowest BCUT2D eigenvalue weighted by molar-refractivity contribution is 0.0164. The molecule has 1 amide bonds. The third-order valence-corrected chi connectivity index (χ3v) is 7.78. The van der Waals surface area contributed by atoms with Crippen molar-refractivity contribution in [2.45, 2.75) is 51.2 Å². The third kappa shape index (κ3) is 4.25. The van der Waals surface area contributed by atoms with Crippen molar-refractivity contribution in [1.82, 2.24) is 24.6 Å². The van der Waals surface area contributed by atoms with Crippen LogP contribution in [0.3, 0.4) is 0 Å². The Kier molecular flexibility index (Phi) is 6.12. The second-order valence-corrected chi connectivity index (χ2v) is 10.2. The fourth-order valence-electron chi connectivity index (χ4n) is 5.85. The van der Waals surface area contributed by atoms with Crippen molar-refractivity contribution in [1.29, 1.82) is 0 Å². The van der Waals surface area contributed by atoms with Gasteiger partial charge in [0.15, 0.2) is 0 Å². The zero-order valence-electron chi connectivity index (χ0n) is 21.3. The number of aryl methyl sites for hydroxylation is 1. The maximum Gasteiger partial charge on any atom is 0.257 e. The average molecular weight is 497 g/mol. The normalized spacial score (nSPS) is 19.9. The molecular formula is C29H32N6O2. The molecule has 1 fully saturated rings. The number of carbonyl (C=O) groups excluding carboxylic acids is 1. The van der Waals surface area contributed by atoms with Gasteiger partial charge in [0.2, 0.25) is 0 Å². The molecular weight excluding hydrogens is 464 g/mol. The molecule has 4 heterocycles. The van der Waals surface area contributed by atoms with Crippen LogP contribution < -0.4 is 4.90 Å². The van der Waals surface area contributed by atoms with Gasteiger partial charge in [-0.3, -0.25) is 19.4 Å². The smallest absolute Gasteiger partial charge is 0.257 e. The van der Waals surface area contributed by atoms with Gasteiger partial charge < -0.3 is 14.9 Å². The van der Waals surface area contributed by atoms with Gasteiger partial charge in [0.25, 0.3) is 5.91 Å². The molecule has 3 aromatic heterocycles. The maximum atomic E-state index is 13.9. The standard InChI is InChI=1S/C29H32N6O2/c1-3-34-18-35(25-8-4-5-9-26(25)36)29(37)23-14-20(22-7-6-12-30-27(22)28(23)34)13-19-10-11-24(31-15-19)21-16-32-33(2)17-21/h6-7,10-12,14-17,25-26,36H,3-5,8-9,13,18H2,1-2H3/t25-,26-/m0/s1. The Bertz CT molecular complexity index is 1450. The molecule has 0 spiro atoms. The lowest BCUT2D eigenvalue weighted by Gasteiger charge is -2.44. The van der Waals surface area contributed by atoms with Crippen molar-refractivity contribution in [2.24, 2.45) is 7.05 Å². The molecule has 4 aromatic rings. The SMILES string of the molecule is CCN1CN([C@H]2CCCC[C@@H]2O)C(=O)c2cc(Cc3ccc(-c4cnn(C)c4)nc3)c3cccnc3c21. The highest BCUT2D eigenvalue weighted by Gasteiger charge is 2.38. The van der Waals surface area contributed by atoms with Gasteiger partial charge in [0, 0.05) is 43.1 Å². The van der Waals surface area contributed by atoms with Crippen molar-refractivity contribution < 1.29 is 9.90 Å². The van der Waals surface area contributed by atoms with Crippen LogP contribution in [0.25, 0.3) is 22.2 Å². The number of aliphatic hydroxyl groups excluding tert-OH is 1. The van der Waals surface area contributed by atoms with Gasteiger partial charge in [-0.2, -0.15) is 5.10 Å². The molecule has 1 aliphatic heterocycles. The summed E-state index contributed by atoms with van der Waals surface area (Å²) in [7, 11) is 1.89. The molecule has 1 saturated carbocycles. The number of anilines is 1.